The summed E-state index contributed by atoms with van der Waals surface area (Å²) in [6, 6.07) is 3.78. The van der Waals surface area contributed by atoms with Crippen molar-refractivity contribution >= 4 is 0 Å². The predicted octanol–water partition coefficient (Wildman–Crippen LogP) is 0.995. The summed E-state index contributed by atoms with van der Waals surface area (Å²) in [6.07, 6.45) is 6.57. The van der Waals surface area contributed by atoms with Crippen LogP contribution in [0.15, 0.2) is 41.8 Å². The maximum absolute atomic E-state index is 11.7. The van der Waals surface area contributed by atoms with E-state index in [1.54, 1.807) is 36.4 Å². The van der Waals surface area contributed by atoms with Crippen molar-refractivity contribution in [3.8, 4) is 0 Å². The first kappa shape index (κ1) is 9.58. The second-order valence-electron chi connectivity index (χ2n) is 3.37. The molecular weight excluding hydrogens is 190 g/mol. The summed E-state index contributed by atoms with van der Waals surface area (Å²) in [5, 5.41) is 0. The molecule has 0 unspecified atom stereocenters. The zero-order chi connectivity index (χ0) is 10.7. The molecule has 2 heterocycles. The van der Waals surface area contributed by atoms with Gasteiger partial charge in [-0.3, -0.25) is 14.3 Å². The SMILES string of the molecule is Cc1cncn(Cc2cccnc2)c1=O. The molecule has 2 aromatic heterocycles. The van der Waals surface area contributed by atoms with Gasteiger partial charge in [0, 0.05) is 24.2 Å². The maximum atomic E-state index is 11.7. The minimum absolute atomic E-state index is 0.00569. The van der Waals surface area contributed by atoms with E-state index in [4.69, 9.17) is 0 Å². The van der Waals surface area contributed by atoms with Gasteiger partial charge >= 0.3 is 0 Å². The summed E-state index contributed by atoms with van der Waals surface area (Å²) >= 11 is 0. The van der Waals surface area contributed by atoms with E-state index in [-0.39, 0.29) is 5.56 Å². The molecule has 0 saturated heterocycles. The van der Waals surface area contributed by atoms with Gasteiger partial charge in [0.1, 0.15) is 0 Å². The summed E-state index contributed by atoms with van der Waals surface area (Å²) < 4.78 is 1.58. The lowest BCUT2D eigenvalue weighted by Gasteiger charge is -2.04. The highest BCUT2D eigenvalue weighted by Gasteiger charge is 2.00. The van der Waals surface area contributed by atoms with Crippen LogP contribution in [0.25, 0.3) is 0 Å². The number of hydrogen-bond acceptors (Lipinski definition) is 3. The molecule has 0 aliphatic carbocycles. The van der Waals surface area contributed by atoms with Gasteiger partial charge in [0.15, 0.2) is 0 Å². The van der Waals surface area contributed by atoms with Gasteiger partial charge in [-0.1, -0.05) is 6.07 Å². The molecule has 0 aromatic carbocycles. The summed E-state index contributed by atoms with van der Waals surface area (Å²) in [6.45, 7) is 2.27. The average Bonchev–Trinajstić information content (AvgIpc) is 2.26. The molecule has 0 N–H and O–H groups in total. The Hall–Kier alpha value is -1.97. The lowest BCUT2D eigenvalue weighted by molar-refractivity contribution is 0.725. The average molecular weight is 201 g/mol. The standard InChI is InChI=1S/C11H11N3O/c1-9-5-13-8-14(11(9)15)7-10-3-2-4-12-6-10/h2-6,8H,7H2,1H3. The number of aromatic nitrogens is 3. The summed E-state index contributed by atoms with van der Waals surface area (Å²) in [4.78, 5) is 19.7. The van der Waals surface area contributed by atoms with Crippen LogP contribution in [0.5, 0.6) is 0 Å². The van der Waals surface area contributed by atoms with E-state index in [9.17, 15) is 4.79 Å². The van der Waals surface area contributed by atoms with Gasteiger partial charge in [-0.05, 0) is 18.6 Å². The highest BCUT2D eigenvalue weighted by Crippen LogP contribution is 1.97. The largest absolute Gasteiger partial charge is 0.295 e. The van der Waals surface area contributed by atoms with Crippen LogP contribution in [0, 0.1) is 6.92 Å². The molecule has 0 radical (unpaired) electrons. The topological polar surface area (TPSA) is 47.8 Å². The molecular formula is C11H11N3O. The molecule has 0 amide bonds. The Bertz CT molecular complexity index is 505. The minimum atomic E-state index is -0.00569. The van der Waals surface area contributed by atoms with Crippen LogP contribution in [0.3, 0.4) is 0 Å². The van der Waals surface area contributed by atoms with Gasteiger partial charge in [-0.15, -0.1) is 0 Å². The minimum Gasteiger partial charge on any atom is -0.295 e. The van der Waals surface area contributed by atoms with Gasteiger partial charge in [-0.25, -0.2) is 4.98 Å². The second kappa shape index (κ2) is 4.04. The molecule has 15 heavy (non-hydrogen) atoms. The number of hydrogen-bond donors (Lipinski definition) is 0. The Balaban J connectivity index is 2.33. The number of nitrogens with zero attached hydrogens (tertiary/aromatic N) is 3. The van der Waals surface area contributed by atoms with Gasteiger partial charge < -0.3 is 0 Å². The van der Waals surface area contributed by atoms with Crippen LogP contribution in [-0.4, -0.2) is 14.5 Å². The Labute approximate surface area is 87.2 Å². The lowest BCUT2D eigenvalue weighted by atomic mass is 10.3. The summed E-state index contributed by atoms with van der Waals surface area (Å²) in [5.41, 5.74) is 1.64. The first-order chi connectivity index (χ1) is 7.27. The van der Waals surface area contributed by atoms with Crippen molar-refractivity contribution in [3.63, 3.8) is 0 Å². The monoisotopic (exact) mass is 201 g/mol. The fourth-order valence-corrected chi connectivity index (χ4v) is 1.36. The van der Waals surface area contributed by atoms with Crippen molar-refractivity contribution in [2.45, 2.75) is 13.5 Å². The van der Waals surface area contributed by atoms with Crippen molar-refractivity contribution in [2.75, 3.05) is 0 Å². The number of pyridine rings is 1. The molecule has 4 heteroatoms. The van der Waals surface area contributed by atoms with E-state index >= 15 is 0 Å². The first-order valence-electron chi connectivity index (χ1n) is 4.67. The predicted molar refractivity (Wildman–Crippen MR) is 56.6 cm³/mol. The molecule has 0 aliphatic rings. The summed E-state index contributed by atoms with van der Waals surface area (Å²) in [5.74, 6) is 0. The second-order valence-corrected chi connectivity index (χ2v) is 3.37. The normalized spacial score (nSPS) is 10.2. The van der Waals surface area contributed by atoms with E-state index < -0.39 is 0 Å². The van der Waals surface area contributed by atoms with E-state index in [1.165, 1.54) is 0 Å². The molecule has 0 saturated carbocycles. The van der Waals surface area contributed by atoms with Crippen LogP contribution < -0.4 is 5.56 Å². The van der Waals surface area contributed by atoms with Crippen LogP contribution >= 0.6 is 0 Å². The van der Waals surface area contributed by atoms with E-state index in [0.29, 0.717) is 12.1 Å². The van der Waals surface area contributed by atoms with Crippen LogP contribution in [0.2, 0.25) is 0 Å². The molecule has 2 aromatic rings. The lowest BCUT2D eigenvalue weighted by Crippen LogP contribution is -2.22. The fourth-order valence-electron chi connectivity index (χ4n) is 1.36. The molecule has 2 rings (SSSR count). The third kappa shape index (κ3) is 2.10. The van der Waals surface area contributed by atoms with Crippen molar-refractivity contribution in [3.05, 3.63) is 58.5 Å². The Kier molecular flexibility index (Phi) is 2.58. The van der Waals surface area contributed by atoms with Crippen molar-refractivity contribution in [1.82, 2.24) is 14.5 Å². The van der Waals surface area contributed by atoms with Gasteiger partial charge in [0.2, 0.25) is 0 Å². The smallest absolute Gasteiger partial charge is 0.256 e. The molecule has 0 atom stereocenters. The molecule has 76 valence electrons. The molecule has 0 bridgehead atoms. The maximum Gasteiger partial charge on any atom is 0.256 e. The van der Waals surface area contributed by atoms with Gasteiger partial charge in [-0.2, -0.15) is 0 Å². The van der Waals surface area contributed by atoms with Crippen LogP contribution in [0.1, 0.15) is 11.1 Å². The molecule has 0 spiro atoms. The fraction of sp³-hybridized carbons (Fsp3) is 0.182. The Morgan fingerprint density at radius 1 is 1.33 bits per heavy atom. The highest BCUT2D eigenvalue weighted by molar-refractivity contribution is 5.10. The van der Waals surface area contributed by atoms with E-state index in [1.807, 2.05) is 12.1 Å². The van der Waals surface area contributed by atoms with Crippen molar-refractivity contribution < 1.29 is 0 Å². The van der Waals surface area contributed by atoms with E-state index in [0.717, 1.165) is 5.56 Å². The zero-order valence-corrected chi connectivity index (χ0v) is 8.42. The Morgan fingerprint density at radius 3 is 2.93 bits per heavy atom. The summed E-state index contributed by atoms with van der Waals surface area (Å²) in [7, 11) is 0. The third-order valence-electron chi connectivity index (χ3n) is 2.15. The van der Waals surface area contributed by atoms with Crippen molar-refractivity contribution in [2.24, 2.45) is 0 Å². The number of aryl methyl sites for hydroxylation is 1. The molecule has 4 nitrogen and oxygen atoms in total. The van der Waals surface area contributed by atoms with Gasteiger partial charge in [0.25, 0.3) is 5.56 Å². The highest BCUT2D eigenvalue weighted by atomic mass is 16.1. The quantitative estimate of drug-likeness (QED) is 0.728. The van der Waals surface area contributed by atoms with Gasteiger partial charge in [0.05, 0.1) is 12.9 Å². The van der Waals surface area contributed by atoms with Crippen LogP contribution in [-0.2, 0) is 6.54 Å². The zero-order valence-electron chi connectivity index (χ0n) is 8.42. The van der Waals surface area contributed by atoms with Crippen molar-refractivity contribution in [1.29, 1.82) is 0 Å². The number of rotatable bonds is 2. The first-order valence-corrected chi connectivity index (χ1v) is 4.67. The molecule has 0 fully saturated rings. The van der Waals surface area contributed by atoms with Crippen LogP contribution in [0.4, 0.5) is 0 Å². The third-order valence-corrected chi connectivity index (χ3v) is 2.15. The van der Waals surface area contributed by atoms with E-state index in [2.05, 4.69) is 9.97 Å². The Morgan fingerprint density at radius 2 is 2.20 bits per heavy atom. The molecule has 0 aliphatic heterocycles.